The Hall–Kier alpha value is -1.26. The van der Waals surface area contributed by atoms with E-state index in [2.05, 4.69) is 5.10 Å². The highest BCUT2D eigenvalue weighted by atomic mass is 19.3. The van der Waals surface area contributed by atoms with E-state index in [4.69, 9.17) is 0 Å². The second kappa shape index (κ2) is 4.30. The summed E-state index contributed by atoms with van der Waals surface area (Å²) in [6.07, 6.45) is -2.41. The third-order valence-corrected chi connectivity index (χ3v) is 1.99. The average Bonchev–Trinajstić information content (AvgIpc) is 2.47. The van der Waals surface area contributed by atoms with E-state index < -0.39 is 12.2 Å². The highest BCUT2D eigenvalue weighted by Crippen LogP contribution is 2.07. The number of alkyl halides is 2. The van der Waals surface area contributed by atoms with Gasteiger partial charge in [-0.15, -0.1) is 0 Å². The Balaban J connectivity index is 2.76. The fraction of sp³-hybridized carbons (Fsp3) is 0.556. The molecule has 0 atom stereocenters. The van der Waals surface area contributed by atoms with Crippen molar-refractivity contribution in [2.75, 3.05) is 0 Å². The summed E-state index contributed by atoms with van der Waals surface area (Å²) in [5.41, 5.74) is 1.34. The van der Waals surface area contributed by atoms with E-state index in [1.54, 1.807) is 13.1 Å². The molecule has 1 rings (SSSR count). The number of nitrogens with zero attached hydrogens (tertiary/aromatic N) is 2. The van der Waals surface area contributed by atoms with Crippen LogP contribution in [0.3, 0.4) is 0 Å². The second-order valence-electron chi connectivity index (χ2n) is 3.05. The van der Waals surface area contributed by atoms with Crippen LogP contribution < -0.4 is 0 Å². The number of carbonyl (C=O) groups excluding carboxylic acids is 1. The number of ketones is 1. The minimum absolute atomic E-state index is 0.249. The van der Waals surface area contributed by atoms with Gasteiger partial charge in [-0.25, -0.2) is 8.78 Å². The molecule has 0 aliphatic heterocycles. The molecule has 1 heterocycles. The quantitative estimate of drug-likeness (QED) is 0.738. The number of halogens is 2. The van der Waals surface area contributed by atoms with Crippen molar-refractivity contribution in [2.24, 2.45) is 7.05 Å². The second-order valence-corrected chi connectivity index (χ2v) is 3.05. The van der Waals surface area contributed by atoms with E-state index in [0.29, 0.717) is 5.69 Å². The first-order chi connectivity index (χ1) is 6.54. The van der Waals surface area contributed by atoms with Crippen LogP contribution in [-0.2, 0) is 24.7 Å². The molecular weight excluding hydrogens is 190 g/mol. The zero-order valence-electron chi connectivity index (χ0n) is 8.13. The summed E-state index contributed by atoms with van der Waals surface area (Å²) in [6.45, 7) is 1.92. The Morgan fingerprint density at radius 1 is 1.64 bits per heavy atom. The van der Waals surface area contributed by atoms with Crippen molar-refractivity contribution in [1.82, 2.24) is 9.78 Å². The molecule has 0 saturated heterocycles. The zero-order chi connectivity index (χ0) is 10.7. The maximum Gasteiger partial charge on any atom is 0.296 e. The van der Waals surface area contributed by atoms with Crippen LogP contribution >= 0.6 is 0 Å². The van der Waals surface area contributed by atoms with Crippen LogP contribution in [0.15, 0.2) is 6.07 Å². The summed E-state index contributed by atoms with van der Waals surface area (Å²) < 4.78 is 25.4. The Morgan fingerprint density at radius 3 is 2.71 bits per heavy atom. The van der Waals surface area contributed by atoms with Gasteiger partial charge in [0.05, 0.1) is 12.1 Å². The SMILES string of the molecule is CCc1cc(CC(=O)C(F)F)n(C)n1. The summed E-state index contributed by atoms with van der Waals surface area (Å²) in [5, 5.41) is 4.06. The molecule has 0 spiro atoms. The van der Waals surface area contributed by atoms with Crippen LogP contribution in [0.4, 0.5) is 8.78 Å². The van der Waals surface area contributed by atoms with Crippen LogP contribution in [0, 0.1) is 0 Å². The maximum absolute atomic E-state index is 12.0. The fourth-order valence-electron chi connectivity index (χ4n) is 1.17. The van der Waals surface area contributed by atoms with Gasteiger partial charge in [0.25, 0.3) is 6.43 Å². The number of hydrogen-bond acceptors (Lipinski definition) is 2. The molecule has 1 aromatic heterocycles. The number of hydrogen-bond donors (Lipinski definition) is 0. The minimum atomic E-state index is -2.89. The molecule has 5 heteroatoms. The van der Waals surface area contributed by atoms with Crippen molar-refractivity contribution in [3.05, 3.63) is 17.5 Å². The molecule has 0 aromatic carbocycles. The smallest absolute Gasteiger partial charge is 0.293 e. The van der Waals surface area contributed by atoms with Crippen molar-refractivity contribution in [3.8, 4) is 0 Å². The van der Waals surface area contributed by atoms with Crippen molar-refractivity contribution in [1.29, 1.82) is 0 Å². The monoisotopic (exact) mass is 202 g/mol. The predicted molar refractivity (Wildman–Crippen MR) is 47.3 cm³/mol. The van der Waals surface area contributed by atoms with Crippen molar-refractivity contribution in [3.63, 3.8) is 0 Å². The fourth-order valence-corrected chi connectivity index (χ4v) is 1.17. The lowest BCUT2D eigenvalue weighted by molar-refractivity contribution is -0.128. The van der Waals surface area contributed by atoms with Gasteiger partial charge < -0.3 is 0 Å². The van der Waals surface area contributed by atoms with Gasteiger partial charge in [-0.1, -0.05) is 6.92 Å². The van der Waals surface area contributed by atoms with Gasteiger partial charge in [0.2, 0.25) is 5.78 Å². The lowest BCUT2D eigenvalue weighted by Crippen LogP contribution is -2.14. The van der Waals surface area contributed by atoms with Crippen LogP contribution in [-0.4, -0.2) is 22.0 Å². The summed E-state index contributed by atoms with van der Waals surface area (Å²) in [6, 6.07) is 1.68. The van der Waals surface area contributed by atoms with Gasteiger partial charge in [0.1, 0.15) is 0 Å². The maximum atomic E-state index is 12.0. The molecule has 0 unspecified atom stereocenters. The molecule has 0 fully saturated rings. The van der Waals surface area contributed by atoms with E-state index in [9.17, 15) is 13.6 Å². The Labute approximate surface area is 80.7 Å². The number of rotatable bonds is 4. The van der Waals surface area contributed by atoms with Crippen LogP contribution in [0.25, 0.3) is 0 Å². The van der Waals surface area contributed by atoms with E-state index in [0.717, 1.165) is 12.1 Å². The lowest BCUT2D eigenvalue weighted by Gasteiger charge is -1.99. The van der Waals surface area contributed by atoms with Crippen molar-refractivity contribution >= 4 is 5.78 Å². The molecule has 1 aromatic rings. The summed E-state index contributed by atoms with van der Waals surface area (Å²) in [5.74, 6) is -1.06. The van der Waals surface area contributed by atoms with E-state index >= 15 is 0 Å². The zero-order valence-corrected chi connectivity index (χ0v) is 8.13. The molecule has 0 N–H and O–H groups in total. The average molecular weight is 202 g/mol. The van der Waals surface area contributed by atoms with Gasteiger partial charge in [-0.2, -0.15) is 5.10 Å². The Kier molecular flexibility index (Phi) is 3.33. The molecule has 0 saturated carbocycles. The normalized spacial score (nSPS) is 10.9. The van der Waals surface area contributed by atoms with Crippen molar-refractivity contribution in [2.45, 2.75) is 26.2 Å². The summed E-state index contributed by atoms with van der Waals surface area (Å²) in [7, 11) is 1.65. The van der Waals surface area contributed by atoms with Crippen molar-refractivity contribution < 1.29 is 13.6 Å². The van der Waals surface area contributed by atoms with E-state index in [1.165, 1.54) is 4.68 Å². The van der Waals surface area contributed by atoms with Gasteiger partial charge in [-0.3, -0.25) is 9.48 Å². The number of aryl methyl sites for hydroxylation is 2. The number of carbonyl (C=O) groups is 1. The topological polar surface area (TPSA) is 34.9 Å². The predicted octanol–water partition coefficient (Wildman–Crippen LogP) is 1.36. The molecule has 0 radical (unpaired) electrons. The van der Waals surface area contributed by atoms with E-state index in [1.807, 2.05) is 6.92 Å². The molecule has 3 nitrogen and oxygen atoms in total. The molecule has 0 aliphatic carbocycles. The lowest BCUT2D eigenvalue weighted by atomic mass is 10.2. The third kappa shape index (κ3) is 2.37. The molecule has 0 aliphatic rings. The standard InChI is InChI=1S/C9H12F2N2O/c1-3-6-4-7(13(2)12-6)5-8(14)9(10)11/h4,9H,3,5H2,1-2H3. The first kappa shape index (κ1) is 10.8. The first-order valence-electron chi connectivity index (χ1n) is 4.37. The highest BCUT2D eigenvalue weighted by molar-refractivity contribution is 5.83. The van der Waals surface area contributed by atoms with E-state index in [-0.39, 0.29) is 6.42 Å². The summed E-state index contributed by atoms with van der Waals surface area (Å²) in [4.78, 5) is 10.8. The third-order valence-electron chi connectivity index (χ3n) is 1.99. The molecule has 0 amide bonds. The van der Waals surface area contributed by atoms with Gasteiger partial charge >= 0.3 is 0 Å². The van der Waals surface area contributed by atoms with Crippen LogP contribution in [0.2, 0.25) is 0 Å². The molecule has 78 valence electrons. The largest absolute Gasteiger partial charge is 0.296 e. The number of Topliss-reactive ketones (excluding diaryl/α,β-unsaturated/α-hetero) is 1. The minimum Gasteiger partial charge on any atom is -0.293 e. The highest BCUT2D eigenvalue weighted by Gasteiger charge is 2.17. The van der Waals surface area contributed by atoms with Gasteiger partial charge in [-0.05, 0) is 12.5 Å². The van der Waals surface area contributed by atoms with Crippen LogP contribution in [0.1, 0.15) is 18.3 Å². The Bertz CT molecular complexity index is 334. The summed E-state index contributed by atoms with van der Waals surface area (Å²) >= 11 is 0. The van der Waals surface area contributed by atoms with Gasteiger partial charge in [0.15, 0.2) is 0 Å². The molecule has 14 heavy (non-hydrogen) atoms. The number of aromatic nitrogens is 2. The Morgan fingerprint density at radius 2 is 2.29 bits per heavy atom. The first-order valence-corrected chi connectivity index (χ1v) is 4.37. The molecular formula is C9H12F2N2O. The van der Waals surface area contributed by atoms with Crippen LogP contribution in [0.5, 0.6) is 0 Å². The van der Waals surface area contributed by atoms with Gasteiger partial charge in [0, 0.05) is 12.7 Å². The molecule has 0 bridgehead atoms.